The molecule has 0 atom stereocenters. The quantitative estimate of drug-likeness (QED) is 0.590. The van der Waals surface area contributed by atoms with Gasteiger partial charge in [-0.3, -0.25) is 4.40 Å². The van der Waals surface area contributed by atoms with E-state index in [1.54, 1.807) is 31.2 Å². The molecule has 0 N–H and O–H groups in total. The predicted molar refractivity (Wildman–Crippen MR) is 70.1 cm³/mol. The molecule has 2 heterocycles. The van der Waals surface area contributed by atoms with Crippen molar-refractivity contribution in [2.75, 3.05) is 0 Å². The molecule has 0 saturated heterocycles. The topological polar surface area (TPSA) is 17.3 Å². The van der Waals surface area contributed by atoms with Gasteiger partial charge in [-0.2, -0.15) is 13.2 Å². The number of hydrogen-bond donors (Lipinski definition) is 0. The lowest BCUT2D eigenvalue weighted by Gasteiger charge is -2.12. The van der Waals surface area contributed by atoms with Gasteiger partial charge in [-0.05, 0) is 34.3 Å². The second kappa shape index (κ2) is 3.96. The number of imidazole rings is 1. The van der Waals surface area contributed by atoms with Crippen molar-refractivity contribution in [3.8, 4) is 0 Å². The number of fused-ring (bicyclic) bond motifs is 3. The second-order valence-corrected chi connectivity index (χ2v) is 5.01. The fourth-order valence-electron chi connectivity index (χ4n) is 2.20. The minimum absolute atomic E-state index is 0.315. The van der Waals surface area contributed by atoms with E-state index in [1.807, 2.05) is 0 Å². The fraction of sp³-hybridized carbons (Fsp3) is 0.154. The SMILES string of the molecule is Cc1c(Br)nc2c3ccccc3cc(C(F)(F)F)n12. The Hall–Kier alpha value is -1.56. The average Bonchev–Trinajstić information content (AvgIpc) is 2.64. The minimum Gasteiger partial charge on any atom is -0.291 e. The molecule has 0 bridgehead atoms. The summed E-state index contributed by atoms with van der Waals surface area (Å²) in [5.74, 6) is 0. The van der Waals surface area contributed by atoms with E-state index in [9.17, 15) is 13.2 Å². The number of alkyl halides is 3. The standard InChI is InChI=1S/C13H8BrF3N2/c1-7-11(14)18-12-9-5-3-2-4-8(9)6-10(19(7)12)13(15,16)17/h2-6H,1H3. The van der Waals surface area contributed by atoms with Gasteiger partial charge in [-0.15, -0.1) is 0 Å². The Morgan fingerprint density at radius 3 is 2.58 bits per heavy atom. The van der Waals surface area contributed by atoms with Gasteiger partial charge in [0, 0.05) is 5.39 Å². The van der Waals surface area contributed by atoms with Gasteiger partial charge in [0.05, 0.1) is 5.69 Å². The molecule has 0 unspecified atom stereocenters. The van der Waals surface area contributed by atoms with Crippen LogP contribution in [-0.2, 0) is 6.18 Å². The molecule has 2 aromatic heterocycles. The highest BCUT2D eigenvalue weighted by Gasteiger charge is 2.35. The molecule has 0 aliphatic heterocycles. The minimum atomic E-state index is -4.42. The lowest BCUT2D eigenvalue weighted by molar-refractivity contribution is -0.142. The predicted octanol–water partition coefficient (Wildman–Crippen LogP) is 4.58. The van der Waals surface area contributed by atoms with Crippen LogP contribution in [0.1, 0.15) is 11.4 Å². The van der Waals surface area contributed by atoms with Crippen molar-refractivity contribution in [3.63, 3.8) is 0 Å². The molecule has 0 aliphatic rings. The average molecular weight is 329 g/mol. The van der Waals surface area contributed by atoms with E-state index in [-0.39, 0.29) is 0 Å². The molecular weight excluding hydrogens is 321 g/mol. The molecule has 1 aromatic carbocycles. The highest BCUT2D eigenvalue weighted by Crippen LogP contribution is 2.35. The van der Waals surface area contributed by atoms with Crippen molar-refractivity contribution < 1.29 is 13.2 Å². The largest absolute Gasteiger partial charge is 0.431 e. The van der Waals surface area contributed by atoms with Crippen LogP contribution < -0.4 is 0 Å². The molecule has 3 rings (SSSR count). The van der Waals surface area contributed by atoms with Gasteiger partial charge >= 0.3 is 6.18 Å². The third kappa shape index (κ3) is 1.82. The summed E-state index contributed by atoms with van der Waals surface area (Å²) in [4.78, 5) is 4.19. The smallest absolute Gasteiger partial charge is 0.291 e. The molecule has 0 aliphatic carbocycles. The molecule has 3 aromatic rings. The van der Waals surface area contributed by atoms with Crippen molar-refractivity contribution in [1.82, 2.24) is 9.38 Å². The lowest BCUT2D eigenvalue weighted by Crippen LogP contribution is -2.12. The van der Waals surface area contributed by atoms with E-state index in [1.165, 1.54) is 0 Å². The Morgan fingerprint density at radius 1 is 1.21 bits per heavy atom. The first-order valence-corrected chi connectivity index (χ1v) is 6.32. The summed E-state index contributed by atoms with van der Waals surface area (Å²) in [6.07, 6.45) is -4.42. The van der Waals surface area contributed by atoms with E-state index in [0.717, 1.165) is 10.5 Å². The summed E-state index contributed by atoms with van der Waals surface area (Å²) in [7, 11) is 0. The molecule has 0 fully saturated rings. The molecular formula is C13H8BrF3N2. The van der Waals surface area contributed by atoms with Gasteiger partial charge in [-0.25, -0.2) is 4.98 Å². The number of nitrogens with zero attached hydrogens (tertiary/aromatic N) is 2. The Morgan fingerprint density at radius 2 is 1.89 bits per heavy atom. The molecule has 2 nitrogen and oxygen atoms in total. The number of aromatic nitrogens is 2. The number of hydrogen-bond acceptors (Lipinski definition) is 1. The third-order valence-corrected chi connectivity index (χ3v) is 3.83. The summed E-state index contributed by atoms with van der Waals surface area (Å²) >= 11 is 3.20. The van der Waals surface area contributed by atoms with Crippen LogP contribution >= 0.6 is 15.9 Å². The molecule has 0 amide bonds. The molecule has 0 saturated carbocycles. The Labute approximate surface area is 115 Å². The van der Waals surface area contributed by atoms with Crippen LogP contribution in [0.3, 0.4) is 0 Å². The molecule has 19 heavy (non-hydrogen) atoms. The Bertz CT molecular complexity index is 790. The van der Waals surface area contributed by atoms with Crippen LogP contribution in [0.4, 0.5) is 13.2 Å². The van der Waals surface area contributed by atoms with Crippen molar-refractivity contribution in [3.05, 3.63) is 46.3 Å². The monoisotopic (exact) mass is 328 g/mol. The third-order valence-electron chi connectivity index (χ3n) is 3.08. The van der Waals surface area contributed by atoms with Gasteiger partial charge < -0.3 is 0 Å². The Balaban J connectivity index is 2.59. The number of pyridine rings is 1. The highest BCUT2D eigenvalue weighted by molar-refractivity contribution is 9.10. The van der Waals surface area contributed by atoms with Crippen molar-refractivity contribution >= 4 is 32.3 Å². The summed E-state index contributed by atoms with van der Waals surface area (Å²) in [6, 6.07) is 8.08. The van der Waals surface area contributed by atoms with E-state index >= 15 is 0 Å². The van der Waals surface area contributed by atoms with Gasteiger partial charge in [0.1, 0.15) is 15.9 Å². The second-order valence-electron chi connectivity index (χ2n) is 4.26. The number of halogens is 4. The first kappa shape index (κ1) is 12.5. The fourth-order valence-corrected chi connectivity index (χ4v) is 2.54. The van der Waals surface area contributed by atoms with Crippen LogP contribution in [0.15, 0.2) is 34.9 Å². The van der Waals surface area contributed by atoms with E-state index in [0.29, 0.717) is 26.7 Å². The maximum atomic E-state index is 13.2. The molecule has 6 heteroatoms. The maximum absolute atomic E-state index is 13.2. The number of benzene rings is 1. The van der Waals surface area contributed by atoms with E-state index in [2.05, 4.69) is 20.9 Å². The zero-order valence-electron chi connectivity index (χ0n) is 9.79. The highest BCUT2D eigenvalue weighted by atomic mass is 79.9. The summed E-state index contributed by atoms with van der Waals surface area (Å²) in [5, 5.41) is 1.23. The van der Waals surface area contributed by atoms with Gasteiger partial charge in [0.25, 0.3) is 0 Å². The van der Waals surface area contributed by atoms with Crippen LogP contribution in [0.5, 0.6) is 0 Å². The lowest BCUT2D eigenvalue weighted by atomic mass is 10.1. The maximum Gasteiger partial charge on any atom is 0.431 e. The van der Waals surface area contributed by atoms with Crippen molar-refractivity contribution in [2.24, 2.45) is 0 Å². The summed E-state index contributed by atoms with van der Waals surface area (Å²) in [5.41, 5.74) is 0.0415. The number of aryl methyl sites for hydroxylation is 1. The van der Waals surface area contributed by atoms with Crippen LogP contribution in [0.2, 0.25) is 0 Å². The van der Waals surface area contributed by atoms with Gasteiger partial charge in [-0.1, -0.05) is 24.3 Å². The van der Waals surface area contributed by atoms with Crippen molar-refractivity contribution in [1.29, 1.82) is 0 Å². The first-order chi connectivity index (χ1) is 8.89. The van der Waals surface area contributed by atoms with E-state index in [4.69, 9.17) is 0 Å². The summed E-state index contributed by atoms with van der Waals surface area (Å²) in [6.45, 7) is 1.61. The first-order valence-electron chi connectivity index (χ1n) is 5.53. The van der Waals surface area contributed by atoms with E-state index < -0.39 is 11.9 Å². The number of rotatable bonds is 0. The Kier molecular flexibility index (Phi) is 2.60. The zero-order chi connectivity index (χ0) is 13.8. The van der Waals surface area contributed by atoms with Crippen LogP contribution in [0, 0.1) is 6.92 Å². The summed E-state index contributed by atoms with van der Waals surface area (Å²) < 4.78 is 41.1. The molecule has 0 radical (unpaired) electrons. The van der Waals surface area contributed by atoms with Crippen molar-refractivity contribution in [2.45, 2.75) is 13.1 Å². The van der Waals surface area contributed by atoms with Crippen LogP contribution in [0.25, 0.3) is 16.4 Å². The van der Waals surface area contributed by atoms with Crippen LogP contribution in [-0.4, -0.2) is 9.38 Å². The van der Waals surface area contributed by atoms with Gasteiger partial charge in [0.15, 0.2) is 0 Å². The zero-order valence-corrected chi connectivity index (χ0v) is 11.4. The normalized spacial score (nSPS) is 12.5. The van der Waals surface area contributed by atoms with Gasteiger partial charge in [0.2, 0.25) is 0 Å². The molecule has 98 valence electrons. The molecule has 0 spiro atoms.